The van der Waals surface area contributed by atoms with Crippen molar-refractivity contribution in [2.24, 2.45) is 7.05 Å². The van der Waals surface area contributed by atoms with Gasteiger partial charge in [-0.25, -0.2) is 0 Å². The minimum atomic E-state index is -0.350. The molecule has 0 aliphatic carbocycles. The molecule has 0 atom stereocenters. The van der Waals surface area contributed by atoms with E-state index in [4.69, 9.17) is 0 Å². The SMILES string of the molecule is Cc1ccc(CCC(=O)NNC(=O)c2cc(Br)cn2C)cc1. The van der Waals surface area contributed by atoms with E-state index in [9.17, 15) is 9.59 Å². The normalized spacial score (nSPS) is 10.3. The summed E-state index contributed by atoms with van der Waals surface area (Å²) in [4.78, 5) is 23.7. The molecule has 0 saturated heterocycles. The van der Waals surface area contributed by atoms with E-state index in [1.165, 1.54) is 5.56 Å². The molecule has 2 aromatic rings. The topological polar surface area (TPSA) is 63.1 Å². The van der Waals surface area contributed by atoms with Gasteiger partial charge in [-0.3, -0.25) is 20.4 Å². The summed E-state index contributed by atoms with van der Waals surface area (Å²) in [6.45, 7) is 2.02. The van der Waals surface area contributed by atoms with Gasteiger partial charge in [0.05, 0.1) is 0 Å². The van der Waals surface area contributed by atoms with Crippen molar-refractivity contribution in [1.82, 2.24) is 15.4 Å². The molecule has 0 unspecified atom stereocenters. The zero-order chi connectivity index (χ0) is 16.1. The van der Waals surface area contributed by atoms with Crippen molar-refractivity contribution >= 4 is 27.7 Å². The number of hydrogen-bond donors (Lipinski definition) is 2. The van der Waals surface area contributed by atoms with Crippen molar-refractivity contribution in [3.8, 4) is 0 Å². The Kier molecular flexibility index (Phi) is 5.38. The molecule has 1 aromatic carbocycles. The average molecular weight is 364 g/mol. The van der Waals surface area contributed by atoms with Crippen LogP contribution in [0.3, 0.4) is 0 Å². The Morgan fingerprint density at radius 1 is 1.18 bits per heavy atom. The number of hydrazine groups is 1. The smallest absolute Gasteiger partial charge is 0.286 e. The number of benzene rings is 1. The number of halogens is 1. The van der Waals surface area contributed by atoms with Crippen LogP contribution in [0.5, 0.6) is 0 Å². The van der Waals surface area contributed by atoms with Crippen LogP contribution in [0.2, 0.25) is 0 Å². The van der Waals surface area contributed by atoms with Gasteiger partial charge >= 0.3 is 0 Å². The van der Waals surface area contributed by atoms with Gasteiger partial charge in [0.15, 0.2) is 0 Å². The van der Waals surface area contributed by atoms with Crippen molar-refractivity contribution in [1.29, 1.82) is 0 Å². The summed E-state index contributed by atoms with van der Waals surface area (Å²) in [5.41, 5.74) is 7.60. The van der Waals surface area contributed by atoms with Crippen molar-refractivity contribution < 1.29 is 9.59 Å². The van der Waals surface area contributed by atoms with Crippen LogP contribution in [0, 0.1) is 6.92 Å². The van der Waals surface area contributed by atoms with E-state index in [0.717, 1.165) is 10.0 Å². The molecule has 1 heterocycles. The number of hydrogen-bond acceptors (Lipinski definition) is 2. The number of nitrogens with one attached hydrogen (secondary N) is 2. The second kappa shape index (κ2) is 7.26. The summed E-state index contributed by atoms with van der Waals surface area (Å²) in [7, 11) is 1.76. The van der Waals surface area contributed by atoms with Gasteiger partial charge in [-0.15, -0.1) is 0 Å². The van der Waals surface area contributed by atoms with Gasteiger partial charge in [-0.2, -0.15) is 0 Å². The molecular weight excluding hydrogens is 346 g/mol. The zero-order valence-corrected chi connectivity index (χ0v) is 14.1. The fraction of sp³-hybridized carbons (Fsp3) is 0.250. The van der Waals surface area contributed by atoms with E-state index in [1.807, 2.05) is 31.2 Å². The summed E-state index contributed by atoms with van der Waals surface area (Å²) in [5, 5.41) is 0. The fourth-order valence-corrected chi connectivity index (χ4v) is 2.54. The summed E-state index contributed by atoms with van der Waals surface area (Å²) in [6.07, 6.45) is 2.73. The summed E-state index contributed by atoms with van der Waals surface area (Å²) in [5.74, 6) is -0.570. The van der Waals surface area contributed by atoms with Gasteiger partial charge in [0.2, 0.25) is 5.91 Å². The molecular formula is C16H18BrN3O2. The quantitative estimate of drug-likeness (QED) is 0.819. The van der Waals surface area contributed by atoms with E-state index < -0.39 is 0 Å². The van der Waals surface area contributed by atoms with E-state index in [1.54, 1.807) is 23.9 Å². The fourth-order valence-electron chi connectivity index (χ4n) is 2.02. The number of carbonyl (C=O) groups is 2. The van der Waals surface area contributed by atoms with Crippen LogP contribution in [0.25, 0.3) is 0 Å². The highest BCUT2D eigenvalue weighted by molar-refractivity contribution is 9.10. The van der Waals surface area contributed by atoms with E-state index in [0.29, 0.717) is 18.5 Å². The zero-order valence-electron chi connectivity index (χ0n) is 12.5. The number of aryl methyl sites for hydroxylation is 3. The molecule has 2 N–H and O–H groups in total. The molecule has 1 aromatic heterocycles. The Hall–Kier alpha value is -2.08. The predicted octanol–water partition coefficient (Wildman–Crippen LogP) is 2.49. The van der Waals surface area contributed by atoms with Crippen LogP contribution < -0.4 is 10.9 Å². The number of aromatic nitrogens is 1. The molecule has 5 nitrogen and oxygen atoms in total. The number of nitrogens with zero attached hydrogens (tertiary/aromatic N) is 1. The standard InChI is InChI=1S/C16H18BrN3O2/c1-11-3-5-12(6-4-11)7-8-15(21)18-19-16(22)14-9-13(17)10-20(14)2/h3-6,9-10H,7-8H2,1-2H3,(H,18,21)(H,19,22). The van der Waals surface area contributed by atoms with Crippen molar-refractivity contribution in [2.45, 2.75) is 19.8 Å². The van der Waals surface area contributed by atoms with Gasteiger partial charge in [0.1, 0.15) is 5.69 Å². The largest absolute Gasteiger partial charge is 0.345 e. The van der Waals surface area contributed by atoms with Gasteiger partial charge in [0, 0.05) is 24.1 Å². The van der Waals surface area contributed by atoms with Crippen LogP contribution in [0.4, 0.5) is 0 Å². The summed E-state index contributed by atoms with van der Waals surface area (Å²) >= 11 is 3.30. The number of amides is 2. The lowest BCUT2D eigenvalue weighted by molar-refractivity contribution is -0.121. The lowest BCUT2D eigenvalue weighted by Gasteiger charge is -2.08. The Labute approximate surface area is 137 Å². The first-order valence-electron chi connectivity index (χ1n) is 6.92. The van der Waals surface area contributed by atoms with Crippen LogP contribution in [-0.4, -0.2) is 16.4 Å². The molecule has 0 aliphatic rings. The minimum absolute atomic E-state index is 0.220. The van der Waals surface area contributed by atoms with Crippen molar-refractivity contribution in [3.63, 3.8) is 0 Å². The summed E-state index contributed by atoms with van der Waals surface area (Å²) < 4.78 is 2.49. The molecule has 0 bridgehead atoms. The molecule has 0 radical (unpaired) electrons. The van der Waals surface area contributed by atoms with Crippen LogP contribution >= 0.6 is 15.9 Å². The Bertz CT molecular complexity index is 677. The van der Waals surface area contributed by atoms with Gasteiger partial charge < -0.3 is 4.57 Å². The van der Waals surface area contributed by atoms with E-state index in [-0.39, 0.29) is 11.8 Å². The molecule has 0 spiro atoms. The van der Waals surface area contributed by atoms with Crippen LogP contribution in [0.15, 0.2) is 41.0 Å². The van der Waals surface area contributed by atoms with Gasteiger partial charge in [-0.1, -0.05) is 29.8 Å². The molecule has 22 heavy (non-hydrogen) atoms. The second-order valence-electron chi connectivity index (χ2n) is 5.14. The van der Waals surface area contributed by atoms with Crippen molar-refractivity contribution in [2.75, 3.05) is 0 Å². The highest BCUT2D eigenvalue weighted by atomic mass is 79.9. The van der Waals surface area contributed by atoms with Gasteiger partial charge in [-0.05, 0) is 40.9 Å². The lowest BCUT2D eigenvalue weighted by Crippen LogP contribution is -2.42. The molecule has 6 heteroatoms. The van der Waals surface area contributed by atoms with Crippen LogP contribution in [-0.2, 0) is 18.3 Å². The molecule has 116 valence electrons. The molecule has 0 saturated carbocycles. The maximum absolute atomic E-state index is 11.9. The third-order valence-electron chi connectivity index (χ3n) is 3.28. The minimum Gasteiger partial charge on any atom is -0.345 e. The molecule has 2 rings (SSSR count). The third kappa shape index (κ3) is 4.46. The molecule has 2 amide bonds. The summed E-state index contributed by atoms with van der Waals surface area (Å²) in [6, 6.07) is 9.73. The third-order valence-corrected chi connectivity index (χ3v) is 3.71. The first kappa shape index (κ1) is 16.3. The highest BCUT2D eigenvalue weighted by Gasteiger charge is 2.11. The highest BCUT2D eigenvalue weighted by Crippen LogP contribution is 2.13. The Morgan fingerprint density at radius 2 is 1.86 bits per heavy atom. The first-order valence-corrected chi connectivity index (χ1v) is 7.71. The monoisotopic (exact) mass is 363 g/mol. The number of rotatable bonds is 4. The second-order valence-corrected chi connectivity index (χ2v) is 6.06. The molecule has 0 aliphatic heterocycles. The average Bonchev–Trinajstić information content (AvgIpc) is 2.83. The van der Waals surface area contributed by atoms with Crippen LogP contribution in [0.1, 0.15) is 28.0 Å². The Balaban J connectivity index is 1.79. The molecule has 0 fully saturated rings. The number of carbonyl (C=O) groups excluding carboxylic acids is 2. The first-order chi connectivity index (χ1) is 10.5. The predicted molar refractivity (Wildman–Crippen MR) is 88.2 cm³/mol. The van der Waals surface area contributed by atoms with Crippen molar-refractivity contribution in [3.05, 3.63) is 57.8 Å². The van der Waals surface area contributed by atoms with E-state index >= 15 is 0 Å². The van der Waals surface area contributed by atoms with E-state index in [2.05, 4.69) is 26.8 Å². The van der Waals surface area contributed by atoms with Gasteiger partial charge in [0.25, 0.3) is 5.91 Å². The Morgan fingerprint density at radius 3 is 2.45 bits per heavy atom. The lowest BCUT2D eigenvalue weighted by atomic mass is 10.1. The maximum Gasteiger partial charge on any atom is 0.286 e. The maximum atomic E-state index is 11.9.